The maximum absolute atomic E-state index is 13.6. The zero-order chi connectivity index (χ0) is 22.3. The molecule has 0 saturated heterocycles. The van der Waals surface area contributed by atoms with Crippen molar-refractivity contribution in [2.75, 3.05) is 13.7 Å². The lowest BCUT2D eigenvalue weighted by atomic mass is 9.94. The molecule has 0 unspecified atom stereocenters. The van der Waals surface area contributed by atoms with Crippen LogP contribution in [0.5, 0.6) is 5.75 Å². The predicted molar refractivity (Wildman–Crippen MR) is 114 cm³/mol. The summed E-state index contributed by atoms with van der Waals surface area (Å²) in [6.07, 6.45) is -1.92. The third-order valence-corrected chi connectivity index (χ3v) is 4.86. The van der Waals surface area contributed by atoms with Gasteiger partial charge in [-0.25, -0.2) is 9.18 Å². The molecule has 6 nitrogen and oxygen atoms in total. The number of benzene rings is 2. The van der Waals surface area contributed by atoms with Gasteiger partial charge in [0.2, 0.25) is 0 Å². The molecule has 0 aliphatic heterocycles. The normalized spacial score (nSPS) is 13.5. The maximum atomic E-state index is 13.6. The van der Waals surface area contributed by atoms with Crippen LogP contribution in [0.4, 0.5) is 9.18 Å². The SMILES string of the molecule is COc1cccc(CNC[C@H](O)[C@H](Cc2cccc(F)c2)N(C(=O)O)C(C)(C)C)c1. The Morgan fingerprint density at radius 1 is 1.17 bits per heavy atom. The monoisotopic (exact) mass is 418 g/mol. The lowest BCUT2D eigenvalue weighted by Gasteiger charge is -2.42. The van der Waals surface area contributed by atoms with Crippen molar-refractivity contribution >= 4 is 6.09 Å². The molecule has 2 atom stereocenters. The van der Waals surface area contributed by atoms with Crippen molar-refractivity contribution in [3.63, 3.8) is 0 Å². The van der Waals surface area contributed by atoms with Crippen LogP contribution in [0.1, 0.15) is 31.9 Å². The molecular weight excluding hydrogens is 387 g/mol. The number of hydrogen-bond acceptors (Lipinski definition) is 4. The van der Waals surface area contributed by atoms with Crippen molar-refractivity contribution in [1.29, 1.82) is 0 Å². The van der Waals surface area contributed by atoms with Gasteiger partial charge in [-0.3, -0.25) is 4.90 Å². The average molecular weight is 419 g/mol. The predicted octanol–water partition coefficient (Wildman–Crippen LogP) is 3.67. The fourth-order valence-corrected chi connectivity index (χ4v) is 3.51. The molecule has 2 aromatic rings. The van der Waals surface area contributed by atoms with E-state index in [-0.39, 0.29) is 13.0 Å². The van der Waals surface area contributed by atoms with Gasteiger partial charge in [-0.1, -0.05) is 24.3 Å². The average Bonchev–Trinajstić information content (AvgIpc) is 2.66. The smallest absolute Gasteiger partial charge is 0.408 e. The number of methoxy groups -OCH3 is 1. The molecular formula is C23H31FN2O4. The third-order valence-electron chi connectivity index (χ3n) is 4.86. The highest BCUT2D eigenvalue weighted by Gasteiger charge is 2.37. The Kier molecular flexibility index (Phi) is 8.20. The number of amides is 1. The number of halogens is 1. The first-order chi connectivity index (χ1) is 14.1. The Morgan fingerprint density at radius 3 is 2.43 bits per heavy atom. The number of aliphatic hydroxyl groups is 1. The van der Waals surface area contributed by atoms with E-state index in [4.69, 9.17) is 4.74 Å². The second kappa shape index (κ2) is 10.4. The highest BCUT2D eigenvalue weighted by Crippen LogP contribution is 2.23. The molecule has 3 N–H and O–H groups in total. The third kappa shape index (κ3) is 6.71. The minimum absolute atomic E-state index is 0.178. The lowest BCUT2D eigenvalue weighted by Crippen LogP contribution is -2.58. The first-order valence-corrected chi connectivity index (χ1v) is 9.90. The minimum Gasteiger partial charge on any atom is -0.497 e. The summed E-state index contributed by atoms with van der Waals surface area (Å²) in [4.78, 5) is 13.3. The van der Waals surface area contributed by atoms with E-state index in [9.17, 15) is 19.4 Å². The molecule has 0 bridgehead atoms. The second-order valence-corrected chi connectivity index (χ2v) is 8.27. The first kappa shape index (κ1) is 23.6. The van der Waals surface area contributed by atoms with Crippen LogP contribution in [0.3, 0.4) is 0 Å². The van der Waals surface area contributed by atoms with Crippen molar-refractivity contribution in [2.24, 2.45) is 0 Å². The summed E-state index contributed by atoms with van der Waals surface area (Å²) in [7, 11) is 1.60. The molecule has 0 saturated carbocycles. The molecule has 2 aromatic carbocycles. The van der Waals surface area contributed by atoms with Gasteiger partial charge in [-0.05, 0) is 62.6 Å². The number of hydrogen-bond donors (Lipinski definition) is 3. The van der Waals surface area contributed by atoms with Gasteiger partial charge in [-0.15, -0.1) is 0 Å². The Morgan fingerprint density at radius 2 is 1.83 bits per heavy atom. The molecule has 30 heavy (non-hydrogen) atoms. The number of nitrogens with one attached hydrogen (secondary N) is 1. The summed E-state index contributed by atoms with van der Waals surface area (Å²) in [6.45, 7) is 5.99. The molecule has 0 aliphatic rings. The summed E-state index contributed by atoms with van der Waals surface area (Å²) in [5.41, 5.74) is 0.869. The van der Waals surface area contributed by atoms with Gasteiger partial charge in [0.05, 0.1) is 19.3 Å². The van der Waals surface area contributed by atoms with Crippen LogP contribution < -0.4 is 10.1 Å². The fourth-order valence-electron chi connectivity index (χ4n) is 3.51. The quantitative estimate of drug-likeness (QED) is 0.579. The van der Waals surface area contributed by atoms with E-state index in [1.165, 1.54) is 17.0 Å². The number of aliphatic hydroxyl groups excluding tert-OH is 1. The van der Waals surface area contributed by atoms with Crippen LogP contribution >= 0.6 is 0 Å². The minimum atomic E-state index is -1.13. The first-order valence-electron chi connectivity index (χ1n) is 9.90. The van der Waals surface area contributed by atoms with Crippen LogP contribution in [-0.2, 0) is 13.0 Å². The molecule has 164 valence electrons. The molecule has 2 rings (SSSR count). The number of nitrogens with zero attached hydrogens (tertiary/aromatic N) is 1. The van der Waals surface area contributed by atoms with Crippen molar-refractivity contribution in [2.45, 2.75) is 51.4 Å². The van der Waals surface area contributed by atoms with Crippen LogP contribution in [0.15, 0.2) is 48.5 Å². The van der Waals surface area contributed by atoms with E-state index < -0.39 is 29.6 Å². The van der Waals surface area contributed by atoms with Gasteiger partial charge in [0.25, 0.3) is 0 Å². The Labute approximate surface area is 177 Å². The van der Waals surface area contributed by atoms with E-state index >= 15 is 0 Å². The van der Waals surface area contributed by atoms with Crippen molar-refractivity contribution in [3.8, 4) is 5.75 Å². The van der Waals surface area contributed by atoms with Crippen molar-refractivity contribution in [1.82, 2.24) is 10.2 Å². The highest BCUT2D eigenvalue weighted by atomic mass is 19.1. The van der Waals surface area contributed by atoms with Crippen LogP contribution in [0, 0.1) is 5.82 Å². The van der Waals surface area contributed by atoms with Gasteiger partial charge in [0, 0.05) is 18.6 Å². The highest BCUT2D eigenvalue weighted by molar-refractivity contribution is 5.66. The molecule has 1 amide bonds. The Bertz CT molecular complexity index is 838. The van der Waals surface area contributed by atoms with Crippen molar-refractivity contribution in [3.05, 3.63) is 65.5 Å². The molecule has 0 radical (unpaired) electrons. The van der Waals surface area contributed by atoms with E-state index in [0.717, 1.165) is 11.3 Å². The number of rotatable bonds is 9. The summed E-state index contributed by atoms with van der Waals surface area (Å²) in [5, 5.41) is 23.9. The van der Waals surface area contributed by atoms with Crippen LogP contribution in [0.25, 0.3) is 0 Å². The topological polar surface area (TPSA) is 82.0 Å². The zero-order valence-corrected chi connectivity index (χ0v) is 17.9. The van der Waals surface area contributed by atoms with E-state index in [1.807, 2.05) is 24.3 Å². The van der Waals surface area contributed by atoms with Gasteiger partial charge in [0.1, 0.15) is 11.6 Å². The number of carboxylic acid groups (broad SMARTS) is 1. The number of ether oxygens (including phenoxy) is 1. The fraction of sp³-hybridized carbons (Fsp3) is 0.435. The van der Waals surface area contributed by atoms with Crippen LogP contribution in [-0.4, -0.2) is 52.5 Å². The van der Waals surface area contributed by atoms with Crippen molar-refractivity contribution < 1.29 is 24.1 Å². The van der Waals surface area contributed by atoms with Crippen LogP contribution in [0.2, 0.25) is 0 Å². The van der Waals surface area contributed by atoms with Gasteiger partial charge in [0.15, 0.2) is 0 Å². The Balaban J connectivity index is 2.16. The maximum Gasteiger partial charge on any atom is 0.408 e. The largest absolute Gasteiger partial charge is 0.497 e. The summed E-state index contributed by atoms with van der Waals surface area (Å²) >= 11 is 0. The second-order valence-electron chi connectivity index (χ2n) is 8.27. The van der Waals surface area contributed by atoms with E-state index in [0.29, 0.717) is 12.1 Å². The zero-order valence-electron chi connectivity index (χ0n) is 17.9. The van der Waals surface area contributed by atoms with Gasteiger partial charge in [-0.2, -0.15) is 0 Å². The summed E-state index contributed by atoms with van der Waals surface area (Å²) < 4.78 is 18.9. The molecule has 7 heteroatoms. The molecule has 0 aliphatic carbocycles. The molecule has 0 aromatic heterocycles. The summed E-state index contributed by atoms with van der Waals surface area (Å²) in [6, 6.07) is 12.8. The van der Waals surface area contributed by atoms with E-state index in [2.05, 4.69) is 5.32 Å². The molecule has 0 spiro atoms. The van der Waals surface area contributed by atoms with E-state index in [1.54, 1.807) is 40.0 Å². The van der Waals surface area contributed by atoms with Gasteiger partial charge < -0.3 is 20.3 Å². The Hall–Kier alpha value is -2.64. The molecule has 0 heterocycles. The van der Waals surface area contributed by atoms with Gasteiger partial charge >= 0.3 is 6.09 Å². The molecule has 0 fully saturated rings. The standard InChI is InChI=1S/C23H31FN2O4/c1-23(2,3)26(22(28)29)20(13-16-7-5-9-18(24)11-16)21(27)15-25-14-17-8-6-10-19(12-17)30-4/h5-12,20-21,25,27H,13-15H2,1-4H3,(H,28,29)/t20-,21-/m0/s1. The summed E-state index contributed by atoms with van der Waals surface area (Å²) in [5.74, 6) is 0.345. The number of carbonyl (C=O) groups is 1. The lowest BCUT2D eigenvalue weighted by molar-refractivity contribution is 0.00768.